The third-order valence-electron chi connectivity index (χ3n) is 2.63. The van der Waals surface area contributed by atoms with Crippen LogP contribution < -0.4 is 5.73 Å². The predicted octanol–water partition coefficient (Wildman–Crippen LogP) is 3.22. The van der Waals surface area contributed by atoms with Crippen molar-refractivity contribution in [2.24, 2.45) is 5.73 Å². The maximum atomic E-state index is 14.0. The van der Waals surface area contributed by atoms with Gasteiger partial charge in [0, 0.05) is 11.6 Å². The van der Waals surface area contributed by atoms with Crippen LogP contribution in [0.4, 0.5) is 8.78 Å². The van der Waals surface area contributed by atoms with Crippen LogP contribution in [0.15, 0.2) is 18.2 Å². The maximum Gasteiger partial charge on any atom is 0.302 e. The minimum absolute atomic E-state index is 0.0883. The van der Waals surface area contributed by atoms with Gasteiger partial charge in [-0.15, -0.1) is 0 Å². The van der Waals surface area contributed by atoms with Crippen LogP contribution in [0.3, 0.4) is 0 Å². The summed E-state index contributed by atoms with van der Waals surface area (Å²) < 4.78 is 28.0. The molecule has 0 radical (unpaired) electrons. The molecule has 0 aliphatic rings. The van der Waals surface area contributed by atoms with E-state index < -0.39 is 23.1 Å². The molecule has 0 bridgehead atoms. The Balaban J connectivity index is 3.38. The van der Waals surface area contributed by atoms with E-state index in [1.54, 1.807) is 13.0 Å². The Labute approximate surface area is 104 Å². The van der Waals surface area contributed by atoms with Crippen molar-refractivity contribution in [1.29, 1.82) is 0 Å². The third kappa shape index (κ3) is 2.59. The lowest BCUT2D eigenvalue weighted by Crippen LogP contribution is -2.40. The van der Waals surface area contributed by atoms with Gasteiger partial charge >= 0.3 is 5.92 Å². The zero-order valence-corrected chi connectivity index (χ0v) is 10.7. The molecule has 1 aromatic carbocycles. The van der Waals surface area contributed by atoms with E-state index in [0.29, 0.717) is 5.56 Å². The number of alkyl halides is 2. The highest BCUT2D eigenvalue weighted by Crippen LogP contribution is 2.43. The standard InChI is InChI=1S/C12H16ClF2NO/c1-7(16)8-5-4-6-9(10(8)13)12(14,15)11(2,3)17/h4-7,17H,16H2,1-3H3/t7-/m1/s1. The van der Waals surface area contributed by atoms with Gasteiger partial charge in [-0.3, -0.25) is 0 Å². The summed E-state index contributed by atoms with van der Waals surface area (Å²) in [4.78, 5) is 0. The van der Waals surface area contributed by atoms with Gasteiger partial charge in [0.25, 0.3) is 0 Å². The maximum absolute atomic E-state index is 14.0. The molecule has 0 aliphatic carbocycles. The molecule has 1 rings (SSSR count). The summed E-state index contributed by atoms with van der Waals surface area (Å²) >= 11 is 5.92. The molecule has 0 spiro atoms. The normalized spacial score (nSPS) is 14.8. The molecule has 0 aromatic heterocycles. The SMILES string of the molecule is C[C@@H](N)c1cccc(C(F)(F)C(C)(C)O)c1Cl. The fraction of sp³-hybridized carbons (Fsp3) is 0.500. The Hall–Kier alpha value is -0.710. The molecule has 0 amide bonds. The van der Waals surface area contributed by atoms with Crippen LogP contribution in [0.25, 0.3) is 0 Å². The Morgan fingerprint density at radius 1 is 1.35 bits per heavy atom. The largest absolute Gasteiger partial charge is 0.384 e. The highest BCUT2D eigenvalue weighted by molar-refractivity contribution is 6.32. The molecule has 17 heavy (non-hydrogen) atoms. The lowest BCUT2D eigenvalue weighted by molar-refractivity contribution is -0.168. The van der Waals surface area contributed by atoms with Crippen LogP contribution in [0, 0.1) is 0 Å². The van der Waals surface area contributed by atoms with Gasteiger partial charge in [-0.1, -0.05) is 29.8 Å². The molecular weight excluding hydrogens is 248 g/mol. The van der Waals surface area contributed by atoms with Crippen molar-refractivity contribution in [2.75, 3.05) is 0 Å². The summed E-state index contributed by atoms with van der Waals surface area (Å²) in [5.74, 6) is -3.44. The average molecular weight is 264 g/mol. The first-order valence-electron chi connectivity index (χ1n) is 5.23. The van der Waals surface area contributed by atoms with Gasteiger partial charge in [0.2, 0.25) is 0 Å². The smallest absolute Gasteiger partial charge is 0.302 e. The lowest BCUT2D eigenvalue weighted by Gasteiger charge is -2.30. The van der Waals surface area contributed by atoms with Crippen molar-refractivity contribution in [3.05, 3.63) is 34.3 Å². The van der Waals surface area contributed by atoms with Gasteiger partial charge in [-0.2, -0.15) is 8.78 Å². The van der Waals surface area contributed by atoms with Crippen molar-refractivity contribution in [1.82, 2.24) is 0 Å². The molecule has 0 saturated heterocycles. The highest BCUT2D eigenvalue weighted by atomic mass is 35.5. The number of hydrogen-bond acceptors (Lipinski definition) is 2. The van der Waals surface area contributed by atoms with Crippen molar-refractivity contribution < 1.29 is 13.9 Å². The van der Waals surface area contributed by atoms with Crippen LogP contribution in [0.5, 0.6) is 0 Å². The number of nitrogens with two attached hydrogens (primary N) is 1. The van der Waals surface area contributed by atoms with E-state index in [2.05, 4.69) is 0 Å². The molecule has 0 heterocycles. The summed E-state index contributed by atoms with van der Waals surface area (Å²) in [5, 5.41) is 9.42. The van der Waals surface area contributed by atoms with E-state index in [4.69, 9.17) is 17.3 Å². The van der Waals surface area contributed by atoms with Crippen LogP contribution in [-0.2, 0) is 5.92 Å². The second-order valence-electron chi connectivity index (χ2n) is 4.63. The molecule has 3 N–H and O–H groups in total. The van der Waals surface area contributed by atoms with Crippen LogP contribution in [0.2, 0.25) is 5.02 Å². The minimum Gasteiger partial charge on any atom is -0.384 e. The van der Waals surface area contributed by atoms with Gasteiger partial charge in [0.15, 0.2) is 0 Å². The van der Waals surface area contributed by atoms with Crippen LogP contribution in [0.1, 0.15) is 37.9 Å². The van der Waals surface area contributed by atoms with Gasteiger partial charge in [0.1, 0.15) is 5.60 Å². The summed E-state index contributed by atoms with van der Waals surface area (Å²) in [6.07, 6.45) is 0. The number of benzene rings is 1. The molecule has 96 valence electrons. The van der Waals surface area contributed by atoms with Crippen molar-refractivity contribution in [3.63, 3.8) is 0 Å². The molecule has 1 atom stereocenters. The number of aliphatic hydroxyl groups is 1. The van der Waals surface area contributed by atoms with Crippen LogP contribution in [-0.4, -0.2) is 10.7 Å². The van der Waals surface area contributed by atoms with Crippen molar-refractivity contribution in [2.45, 2.75) is 38.3 Å². The molecule has 2 nitrogen and oxygen atoms in total. The minimum atomic E-state index is -3.44. The molecule has 0 saturated carbocycles. The second-order valence-corrected chi connectivity index (χ2v) is 5.01. The summed E-state index contributed by atoms with van der Waals surface area (Å²) in [6, 6.07) is 3.81. The molecular formula is C12H16ClF2NO. The van der Waals surface area contributed by atoms with Crippen molar-refractivity contribution >= 4 is 11.6 Å². The fourth-order valence-electron chi connectivity index (χ4n) is 1.47. The fourth-order valence-corrected chi connectivity index (χ4v) is 1.89. The van der Waals surface area contributed by atoms with Crippen LogP contribution >= 0.6 is 11.6 Å². The third-order valence-corrected chi connectivity index (χ3v) is 3.05. The molecule has 1 aromatic rings. The molecule has 0 unspecified atom stereocenters. The van der Waals surface area contributed by atoms with Gasteiger partial charge in [-0.05, 0) is 26.3 Å². The Kier molecular flexibility index (Phi) is 3.81. The van der Waals surface area contributed by atoms with E-state index in [1.807, 2.05) is 0 Å². The molecule has 5 heteroatoms. The van der Waals surface area contributed by atoms with E-state index in [9.17, 15) is 13.9 Å². The zero-order chi connectivity index (χ0) is 13.4. The lowest BCUT2D eigenvalue weighted by atomic mass is 9.91. The first kappa shape index (κ1) is 14.4. The quantitative estimate of drug-likeness (QED) is 0.880. The van der Waals surface area contributed by atoms with E-state index in [0.717, 1.165) is 13.8 Å². The van der Waals surface area contributed by atoms with Gasteiger partial charge in [0.05, 0.1) is 5.02 Å². The first-order chi connectivity index (χ1) is 7.59. The van der Waals surface area contributed by atoms with Gasteiger partial charge < -0.3 is 10.8 Å². The van der Waals surface area contributed by atoms with E-state index in [-0.39, 0.29) is 5.02 Å². The summed E-state index contributed by atoms with van der Waals surface area (Å²) in [5.41, 5.74) is 3.49. The van der Waals surface area contributed by atoms with Crippen molar-refractivity contribution in [3.8, 4) is 0 Å². The zero-order valence-electron chi connectivity index (χ0n) is 9.97. The highest BCUT2D eigenvalue weighted by Gasteiger charge is 2.48. The van der Waals surface area contributed by atoms with E-state index in [1.165, 1.54) is 12.1 Å². The second kappa shape index (κ2) is 4.52. The topological polar surface area (TPSA) is 46.2 Å². The number of rotatable bonds is 3. The first-order valence-corrected chi connectivity index (χ1v) is 5.61. The number of hydrogen-bond donors (Lipinski definition) is 2. The Bertz CT molecular complexity index is 413. The number of halogens is 3. The van der Waals surface area contributed by atoms with Gasteiger partial charge in [-0.25, -0.2) is 0 Å². The molecule has 0 fully saturated rings. The summed E-state index contributed by atoms with van der Waals surface area (Å²) in [7, 11) is 0. The molecule has 0 aliphatic heterocycles. The van der Waals surface area contributed by atoms with E-state index >= 15 is 0 Å². The monoisotopic (exact) mass is 263 g/mol. The summed E-state index contributed by atoms with van der Waals surface area (Å²) in [6.45, 7) is 3.75. The Morgan fingerprint density at radius 2 is 1.88 bits per heavy atom. The Morgan fingerprint density at radius 3 is 2.29 bits per heavy atom. The average Bonchev–Trinajstić information content (AvgIpc) is 2.15. The predicted molar refractivity (Wildman–Crippen MR) is 64.2 cm³/mol.